The van der Waals surface area contributed by atoms with Gasteiger partial charge in [0.05, 0.1) is 27.2 Å². The molecule has 0 aromatic rings. The normalized spacial score (nSPS) is 13.6. The fourth-order valence-corrected chi connectivity index (χ4v) is 2.09. The quantitative estimate of drug-likeness (QED) is 0.429. The summed E-state index contributed by atoms with van der Waals surface area (Å²) in [4.78, 5) is 0. The van der Waals surface area contributed by atoms with Crippen LogP contribution in [0.25, 0.3) is 0 Å². The highest BCUT2D eigenvalue weighted by atomic mass is 15.3. The van der Waals surface area contributed by atoms with Crippen LogP contribution in [0.5, 0.6) is 0 Å². The molecule has 1 nitrogen and oxygen atoms in total. The van der Waals surface area contributed by atoms with E-state index >= 15 is 0 Å². The SMILES string of the molecule is CCC[N+](C)(C)CC[C@@H](C)CCC=C(C)C. The van der Waals surface area contributed by atoms with Crippen molar-refractivity contribution in [1.29, 1.82) is 0 Å². The molecule has 0 amide bonds. The van der Waals surface area contributed by atoms with Gasteiger partial charge in [-0.15, -0.1) is 0 Å². The van der Waals surface area contributed by atoms with Gasteiger partial charge in [-0.3, -0.25) is 0 Å². The molecule has 0 unspecified atom stereocenters. The van der Waals surface area contributed by atoms with Gasteiger partial charge in [-0.05, 0) is 45.4 Å². The largest absolute Gasteiger partial charge is 0.328 e. The smallest absolute Gasteiger partial charge is 0.0785 e. The van der Waals surface area contributed by atoms with Gasteiger partial charge in [0.1, 0.15) is 0 Å². The lowest BCUT2D eigenvalue weighted by Gasteiger charge is -2.30. The molecule has 0 N–H and O–H groups in total. The Bertz CT molecular complexity index is 199. The van der Waals surface area contributed by atoms with Gasteiger partial charge in [-0.25, -0.2) is 0 Å². The minimum absolute atomic E-state index is 0.866. The Kier molecular flexibility index (Phi) is 7.74. The average molecular weight is 226 g/mol. The van der Waals surface area contributed by atoms with E-state index in [1.54, 1.807) is 0 Å². The van der Waals surface area contributed by atoms with Crippen LogP contribution in [0, 0.1) is 5.92 Å². The van der Waals surface area contributed by atoms with E-state index in [4.69, 9.17) is 0 Å². The lowest BCUT2D eigenvalue weighted by atomic mass is 10.0. The molecule has 0 saturated carbocycles. The highest BCUT2D eigenvalue weighted by molar-refractivity contribution is 4.92. The van der Waals surface area contributed by atoms with Crippen molar-refractivity contribution in [2.75, 3.05) is 27.2 Å². The molecule has 16 heavy (non-hydrogen) atoms. The molecule has 0 saturated heterocycles. The second-order valence-electron chi connectivity index (χ2n) is 6.14. The highest BCUT2D eigenvalue weighted by Gasteiger charge is 2.14. The van der Waals surface area contributed by atoms with Crippen LogP contribution in [0.1, 0.15) is 53.4 Å². The van der Waals surface area contributed by atoms with E-state index in [0.29, 0.717) is 0 Å². The van der Waals surface area contributed by atoms with Gasteiger partial charge < -0.3 is 4.48 Å². The minimum atomic E-state index is 0.866. The first-order valence-corrected chi connectivity index (χ1v) is 6.82. The summed E-state index contributed by atoms with van der Waals surface area (Å²) >= 11 is 0. The van der Waals surface area contributed by atoms with Crippen LogP contribution < -0.4 is 0 Å². The standard InChI is InChI=1S/C15H32N/c1-7-12-16(5,6)13-11-15(4)10-8-9-14(2)3/h9,15H,7-8,10-13H2,1-6H3/q+1/t15-/m0/s1. The second-order valence-corrected chi connectivity index (χ2v) is 6.14. The third kappa shape index (κ3) is 8.96. The van der Waals surface area contributed by atoms with E-state index in [-0.39, 0.29) is 0 Å². The van der Waals surface area contributed by atoms with E-state index in [0.717, 1.165) is 5.92 Å². The lowest BCUT2D eigenvalue weighted by Crippen LogP contribution is -2.41. The maximum absolute atomic E-state index is 2.39. The number of quaternary nitrogens is 1. The topological polar surface area (TPSA) is 0 Å². The molecule has 0 spiro atoms. The maximum atomic E-state index is 2.39. The van der Waals surface area contributed by atoms with Crippen LogP contribution >= 0.6 is 0 Å². The average Bonchev–Trinajstić information content (AvgIpc) is 2.14. The summed E-state index contributed by atoms with van der Waals surface area (Å²) in [6, 6.07) is 0. The summed E-state index contributed by atoms with van der Waals surface area (Å²) in [5.41, 5.74) is 1.45. The molecule has 0 aliphatic heterocycles. The van der Waals surface area contributed by atoms with E-state index in [9.17, 15) is 0 Å². The van der Waals surface area contributed by atoms with Gasteiger partial charge in [0.15, 0.2) is 0 Å². The van der Waals surface area contributed by atoms with E-state index in [1.165, 1.54) is 48.8 Å². The van der Waals surface area contributed by atoms with Crippen molar-refractivity contribution in [1.82, 2.24) is 0 Å². The fraction of sp³-hybridized carbons (Fsp3) is 0.867. The van der Waals surface area contributed by atoms with Crippen molar-refractivity contribution in [3.63, 3.8) is 0 Å². The maximum Gasteiger partial charge on any atom is 0.0785 e. The number of allylic oxidation sites excluding steroid dienone is 2. The van der Waals surface area contributed by atoms with Crippen molar-refractivity contribution in [3.05, 3.63) is 11.6 Å². The molecule has 1 heteroatoms. The molecule has 1 atom stereocenters. The zero-order valence-electron chi connectivity index (χ0n) is 12.3. The zero-order chi connectivity index (χ0) is 12.6. The van der Waals surface area contributed by atoms with Crippen molar-refractivity contribution >= 4 is 0 Å². The highest BCUT2D eigenvalue weighted by Crippen LogP contribution is 2.14. The third-order valence-electron chi connectivity index (χ3n) is 3.27. The van der Waals surface area contributed by atoms with Gasteiger partial charge in [0.2, 0.25) is 0 Å². The summed E-state index contributed by atoms with van der Waals surface area (Å²) in [5.74, 6) is 0.866. The first kappa shape index (κ1) is 15.7. The minimum Gasteiger partial charge on any atom is -0.328 e. The van der Waals surface area contributed by atoms with Gasteiger partial charge in [0, 0.05) is 0 Å². The van der Waals surface area contributed by atoms with Crippen LogP contribution in [0.15, 0.2) is 11.6 Å². The van der Waals surface area contributed by atoms with E-state index in [2.05, 4.69) is 47.9 Å². The predicted octanol–water partition coefficient (Wildman–Crippen LogP) is 4.25. The molecule has 96 valence electrons. The van der Waals surface area contributed by atoms with Crippen LogP contribution in [0.3, 0.4) is 0 Å². The third-order valence-corrected chi connectivity index (χ3v) is 3.27. The Morgan fingerprint density at radius 1 is 1.12 bits per heavy atom. The van der Waals surface area contributed by atoms with Crippen molar-refractivity contribution in [2.45, 2.75) is 53.4 Å². The van der Waals surface area contributed by atoms with Crippen LogP contribution in [-0.2, 0) is 0 Å². The van der Waals surface area contributed by atoms with Gasteiger partial charge in [-0.1, -0.05) is 25.5 Å². The van der Waals surface area contributed by atoms with E-state index < -0.39 is 0 Å². The van der Waals surface area contributed by atoms with E-state index in [1.807, 2.05) is 0 Å². The Hall–Kier alpha value is -0.300. The van der Waals surface area contributed by atoms with Crippen molar-refractivity contribution < 1.29 is 4.48 Å². The number of rotatable bonds is 8. The molecule has 0 aromatic carbocycles. The predicted molar refractivity (Wildman–Crippen MR) is 74.6 cm³/mol. The summed E-state index contributed by atoms with van der Waals surface area (Å²) in [6.45, 7) is 11.7. The van der Waals surface area contributed by atoms with Gasteiger partial charge >= 0.3 is 0 Å². The monoisotopic (exact) mass is 226 g/mol. The molecule has 0 bridgehead atoms. The van der Waals surface area contributed by atoms with Crippen LogP contribution in [0.4, 0.5) is 0 Å². The molecule has 0 fully saturated rings. The molecule has 0 heterocycles. The molecule has 0 radical (unpaired) electrons. The van der Waals surface area contributed by atoms with Crippen LogP contribution in [-0.4, -0.2) is 31.7 Å². The first-order chi connectivity index (χ1) is 7.37. The summed E-state index contributed by atoms with van der Waals surface area (Å²) in [5, 5.41) is 0. The van der Waals surface area contributed by atoms with Gasteiger partial charge in [0.25, 0.3) is 0 Å². The second kappa shape index (κ2) is 7.89. The van der Waals surface area contributed by atoms with Gasteiger partial charge in [-0.2, -0.15) is 0 Å². The van der Waals surface area contributed by atoms with Crippen molar-refractivity contribution in [2.24, 2.45) is 5.92 Å². The lowest BCUT2D eigenvalue weighted by molar-refractivity contribution is -0.890. The zero-order valence-corrected chi connectivity index (χ0v) is 12.3. The first-order valence-electron chi connectivity index (χ1n) is 6.82. The number of hydrogen-bond acceptors (Lipinski definition) is 0. The van der Waals surface area contributed by atoms with Crippen molar-refractivity contribution in [3.8, 4) is 0 Å². The van der Waals surface area contributed by atoms with Crippen LogP contribution in [0.2, 0.25) is 0 Å². The Morgan fingerprint density at radius 3 is 2.25 bits per heavy atom. The summed E-state index contributed by atoms with van der Waals surface area (Å²) in [6.07, 6.45) is 7.62. The Labute approximate surface area is 103 Å². The molecular formula is C15H32N+. The molecule has 0 aliphatic rings. The number of hydrogen-bond donors (Lipinski definition) is 0. The Morgan fingerprint density at radius 2 is 1.75 bits per heavy atom. The molecular weight excluding hydrogens is 194 g/mol. The Balaban J connectivity index is 3.72. The molecule has 0 aliphatic carbocycles. The number of nitrogens with zero attached hydrogens (tertiary/aromatic N) is 1. The fourth-order valence-electron chi connectivity index (χ4n) is 2.09. The summed E-state index contributed by atoms with van der Waals surface area (Å²) < 4.78 is 1.18. The molecule has 0 aromatic heterocycles. The molecule has 0 rings (SSSR count). The summed E-state index contributed by atoms with van der Waals surface area (Å²) in [7, 11) is 4.71.